The summed E-state index contributed by atoms with van der Waals surface area (Å²) < 4.78 is 37.4. The van der Waals surface area contributed by atoms with Gasteiger partial charge in [-0.15, -0.1) is 0 Å². The third kappa shape index (κ3) is 4.65. The maximum atomic E-state index is 13.1. The average molecular weight is 468 g/mol. The average Bonchev–Trinajstić information content (AvgIpc) is 3.19. The summed E-state index contributed by atoms with van der Waals surface area (Å²) in [6, 6.07) is 0.587. The number of nitrogens with one attached hydrogen (secondary N) is 3. The molecule has 1 aliphatic rings. The van der Waals surface area contributed by atoms with Crippen molar-refractivity contribution in [1.82, 2.24) is 35.5 Å². The van der Waals surface area contributed by atoms with Crippen molar-refractivity contribution in [2.24, 2.45) is 0 Å². The van der Waals surface area contributed by atoms with Crippen LogP contribution in [0.15, 0.2) is 30.9 Å². The Kier molecular flexibility index (Phi) is 5.98. The van der Waals surface area contributed by atoms with E-state index in [0.29, 0.717) is 33.9 Å². The molecule has 4 rings (SSSR count). The van der Waals surface area contributed by atoms with Crippen molar-refractivity contribution >= 4 is 34.4 Å². The quantitative estimate of drug-likeness (QED) is 0.538. The number of aromatic amines is 1. The number of piperazine rings is 1. The van der Waals surface area contributed by atoms with Crippen LogP contribution in [0.5, 0.6) is 0 Å². The molecule has 2 amide bonds. The topological polar surface area (TPSA) is 116 Å². The highest BCUT2D eigenvalue weighted by Gasteiger charge is 2.35. The summed E-state index contributed by atoms with van der Waals surface area (Å²) in [4.78, 5) is 42.2. The van der Waals surface area contributed by atoms with Gasteiger partial charge in [-0.2, -0.15) is 13.2 Å². The molecule has 9 nitrogen and oxygen atoms in total. The highest BCUT2D eigenvalue weighted by molar-refractivity contribution is 6.31. The second kappa shape index (κ2) is 8.71. The van der Waals surface area contributed by atoms with E-state index in [1.54, 1.807) is 12.3 Å². The van der Waals surface area contributed by atoms with E-state index in [2.05, 4.69) is 25.3 Å². The molecule has 1 atom stereocenters. The maximum absolute atomic E-state index is 13.1. The first-order valence-corrected chi connectivity index (χ1v) is 9.92. The third-order valence-corrected chi connectivity index (χ3v) is 5.10. The molecule has 1 aliphatic heterocycles. The van der Waals surface area contributed by atoms with Gasteiger partial charge in [-0.1, -0.05) is 11.6 Å². The van der Waals surface area contributed by atoms with Crippen molar-refractivity contribution in [2.45, 2.75) is 12.2 Å². The van der Waals surface area contributed by atoms with Gasteiger partial charge in [0.25, 0.3) is 5.91 Å². The van der Waals surface area contributed by atoms with Crippen LogP contribution >= 0.6 is 11.6 Å². The number of nitrogens with zero attached hydrogens (tertiary/aromatic N) is 4. The number of carbonyl (C=O) groups excluding carboxylic acids is 2. The molecule has 0 unspecified atom stereocenters. The van der Waals surface area contributed by atoms with Crippen LogP contribution in [0.4, 0.5) is 13.2 Å². The number of alkyl halides is 3. The Bertz CT molecular complexity index is 1170. The molecule has 32 heavy (non-hydrogen) atoms. The van der Waals surface area contributed by atoms with E-state index in [4.69, 9.17) is 11.6 Å². The molecule has 3 N–H and O–H groups in total. The molecule has 0 aromatic carbocycles. The Morgan fingerprint density at radius 1 is 1.28 bits per heavy atom. The Hall–Kier alpha value is -3.25. The van der Waals surface area contributed by atoms with Gasteiger partial charge in [0.15, 0.2) is 0 Å². The second-order valence-electron chi connectivity index (χ2n) is 7.09. The zero-order valence-electron chi connectivity index (χ0n) is 16.4. The largest absolute Gasteiger partial charge is 0.405 e. The SMILES string of the molecule is O=C(NCC(F)(F)F)[C@H]1CNCCN1C(=O)c1cncc(-c2c[nH]c3ncc(Cl)cc23)n1. The first kappa shape index (κ1) is 22.0. The zero-order valence-corrected chi connectivity index (χ0v) is 17.2. The molecule has 3 aromatic rings. The van der Waals surface area contributed by atoms with Crippen LogP contribution in [0.25, 0.3) is 22.3 Å². The Labute approximate surface area is 184 Å². The van der Waals surface area contributed by atoms with Crippen LogP contribution in [0.2, 0.25) is 5.02 Å². The fourth-order valence-electron chi connectivity index (χ4n) is 3.42. The maximum Gasteiger partial charge on any atom is 0.405 e. The summed E-state index contributed by atoms with van der Waals surface area (Å²) in [7, 11) is 0. The van der Waals surface area contributed by atoms with Gasteiger partial charge in [-0.05, 0) is 6.07 Å². The highest BCUT2D eigenvalue weighted by atomic mass is 35.5. The van der Waals surface area contributed by atoms with Gasteiger partial charge < -0.3 is 20.5 Å². The molecule has 168 valence electrons. The van der Waals surface area contributed by atoms with Gasteiger partial charge in [0.2, 0.25) is 5.91 Å². The van der Waals surface area contributed by atoms with Crippen molar-refractivity contribution in [3.8, 4) is 11.3 Å². The Balaban J connectivity index is 1.59. The van der Waals surface area contributed by atoms with E-state index >= 15 is 0 Å². The van der Waals surface area contributed by atoms with Gasteiger partial charge in [0.05, 0.1) is 23.1 Å². The number of amides is 2. The molecular weight excluding hydrogens is 451 g/mol. The van der Waals surface area contributed by atoms with Crippen molar-refractivity contribution in [1.29, 1.82) is 0 Å². The zero-order chi connectivity index (χ0) is 22.9. The van der Waals surface area contributed by atoms with E-state index < -0.39 is 30.6 Å². The molecule has 0 aliphatic carbocycles. The fourth-order valence-corrected chi connectivity index (χ4v) is 3.58. The van der Waals surface area contributed by atoms with E-state index in [0.717, 1.165) is 0 Å². The summed E-state index contributed by atoms with van der Waals surface area (Å²) in [6.45, 7) is -0.942. The predicted molar refractivity (Wildman–Crippen MR) is 109 cm³/mol. The summed E-state index contributed by atoms with van der Waals surface area (Å²) in [5.41, 5.74) is 1.53. The van der Waals surface area contributed by atoms with E-state index in [9.17, 15) is 22.8 Å². The Morgan fingerprint density at radius 2 is 2.09 bits per heavy atom. The summed E-state index contributed by atoms with van der Waals surface area (Å²) in [5, 5.41) is 5.85. The number of fused-ring (bicyclic) bond motifs is 1. The monoisotopic (exact) mass is 467 g/mol. The van der Waals surface area contributed by atoms with E-state index in [-0.39, 0.29) is 18.8 Å². The number of aromatic nitrogens is 4. The lowest BCUT2D eigenvalue weighted by molar-refractivity contribution is -0.141. The molecule has 0 saturated carbocycles. The fraction of sp³-hybridized carbons (Fsp3) is 0.316. The van der Waals surface area contributed by atoms with E-state index in [1.807, 2.05) is 5.32 Å². The minimum Gasteiger partial charge on any atom is -0.345 e. The highest BCUT2D eigenvalue weighted by Crippen LogP contribution is 2.28. The molecule has 0 spiro atoms. The number of pyridine rings is 1. The van der Waals surface area contributed by atoms with Gasteiger partial charge in [0, 0.05) is 43.0 Å². The second-order valence-corrected chi connectivity index (χ2v) is 7.53. The van der Waals surface area contributed by atoms with Crippen molar-refractivity contribution in [3.63, 3.8) is 0 Å². The predicted octanol–water partition coefficient (Wildman–Crippen LogP) is 1.77. The minimum atomic E-state index is -4.55. The van der Waals surface area contributed by atoms with Crippen LogP contribution in [-0.2, 0) is 4.79 Å². The van der Waals surface area contributed by atoms with Crippen molar-refractivity contribution in [3.05, 3.63) is 41.6 Å². The number of rotatable bonds is 4. The first-order chi connectivity index (χ1) is 15.2. The normalized spacial score (nSPS) is 16.9. The lowest BCUT2D eigenvalue weighted by Gasteiger charge is -2.35. The van der Waals surface area contributed by atoms with Gasteiger partial charge >= 0.3 is 6.18 Å². The van der Waals surface area contributed by atoms with Crippen molar-refractivity contribution in [2.75, 3.05) is 26.2 Å². The minimum absolute atomic E-state index is 0.0230. The van der Waals surface area contributed by atoms with E-state index in [1.165, 1.54) is 23.5 Å². The summed E-state index contributed by atoms with van der Waals surface area (Å²) in [6.07, 6.45) is 1.31. The standard InChI is InChI=1S/C19H17ClF3N7O2/c20-10-3-11-12(5-27-16(11)26-4-10)13-6-25-7-14(29-13)18(32)30-2-1-24-8-15(30)17(31)28-9-19(21,22)23/h3-7,15,24H,1-2,8-9H2,(H,26,27)(H,28,31)/t15-/m1/s1. The van der Waals surface area contributed by atoms with Crippen LogP contribution in [0.1, 0.15) is 10.5 Å². The summed E-state index contributed by atoms with van der Waals surface area (Å²) >= 11 is 6.03. The third-order valence-electron chi connectivity index (χ3n) is 4.90. The lowest BCUT2D eigenvalue weighted by atomic mass is 10.1. The van der Waals surface area contributed by atoms with Gasteiger partial charge in [-0.3, -0.25) is 14.6 Å². The molecule has 0 bridgehead atoms. The number of H-pyrrole nitrogens is 1. The first-order valence-electron chi connectivity index (χ1n) is 9.54. The molecule has 13 heteroatoms. The number of carbonyl (C=O) groups is 2. The molecule has 0 radical (unpaired) electrons. The molecule has 1 fully saturated rings. The Morgan fingerprint density at radius 3 is 2.88 bits per heavy atom. The van der Waals surface area contributed by atoms with Gasteiger partial charge in [0.1, 0.15) is 23.9 Å². The number of halogens is 4. The number of hydrogen-bond acceptors (Lipinski definition) is 6. The molecule has 1 saturated heterocycles. The number of hydrogen-bond donors (Lipinski definition) is 3. The van der Waals surface area contributed by atoms with Crippen LogP contribution in [-0.4, -0.2) is 75.0 Å². The smallest absolute Gasteiger partial charge is 0.345 e. The van der Waals surface area contributed by atoms with Crippen LogP contribution < -0.4 is 10.6 Å². The van der Waals surface area contributed by atoms with Crippen molar-refractivity contribution < 1.29 is 22.8 Å². The summed E-state index contributed by atoms with van der Waals surface area (Å²) in [5.74, 6) is -1.51. The molecular formula is C19H17ClF3N7O2. The lowest BCUT2D eigenvalue weighted by Crippen LogP contribution is -2.60. The molecule has 4 heterocycles. The van der Waals surface area contributed by atoms with Crippen LogP contribution in [0.3, 0.4) is 0 Å². The molecule has 3 aromatic heterocycles. The van der Waals surface area contributed by atoms with Gasteiger partial charge in [-0.25, -0.2) is 9.97 Å². The van der Waals surface area contributed by atoms with Crippen LogP contribution in [0, 0.1) is 0 Å².